The molecule has 0 atom stereocenters. The lowest BCUT2D eigenvalue weighted by Gasteiger charge is -2.11. The number of hydrogen-bond acceptors (Lipinski definition) is 2. The topological polar surface area (TPSA) is 30.7 Å². The molecule has 0 radical (unpaired) electrons. The molecule has 0 fully saturated rings. The molecule has 0 aliphatic heterocycles. The minimum Gasteiger partial charge on any atom is -0.267 e. The smallest absolute Gasteiger partial charge is 0.229 e. The minimum absolute atomic E-state index is 0.121. The lowest BCUT2D eigenvalue weighted by atomic mass is 10.2. The van der Waals surface area contributed by atoms with E-state index in [1.54, 1.807) is 10.6 Å². The number of nitrogens with zero attached hydrogens (tertiary/aromatic N) is 3. The van der Waals surface area contributed by atoms with E-state index in [-0.39, 0.29) is 17.0 Å². The first kappa shape index (κ1) is 12.0. The van der Waals surface area contributed by atoms with Gasteiger partial charge >= 0.3 is 0 Å². The van der Waals surface area contributed by atoms with Gasteiger partial charge in [0.25, 0.3) is 0 Å². The van der Waals surface area contributed by atoms with Gasteiger partial charge in [0.15, 0.2) is 0 Å². The molecule has 1 aromatic heterocycles. The Morgan fingerprint density at radius 3 is 2.59 bits per heavy atom. The van der Waals surface area contributed by atoms with Crippen LogP contribution in [0.15, 0.2) is 18.2 Å². The van der Waals surface area contributed by atoms with Gasteiger partial charge in [-0.05, 0) is 36.2 Å². The van der Waals surface area contributed by atoms with Crippen LogP contribution in [0, 0.1) is 12.7 Å². The van der Waals surface area contributed by atoms with Crippen molar-refractivity contribution in [3.63, 3.8) is 0 Å². The standard InChI is InChI=1S/C12H13ClFN3/c1-7(2)11-15-16-12(13)17(11)10-5-4-8(3)6-9(10)14/h4-7H,1-3H3. The molecule has 5 heteroatoms. The van der Waals surface area contributed by atoms with Gasteiger partial charge in [-0.15, -0.1) is 10.2 Å². The highest BCUT2D eigenvalue weighted by molar-refractivity contribution is 6.28. The zero-order valence-corrected chi connectivity index (χ0v) is 10.7. The van der Waals surface area contributed by atoms with Crippen molar-refractivity contribution in [3.8, 4) is 5.69 Å². The molecule has 0 amide bonds. The fourth-order valence-corrected chi connectivity index (χ4v) is 1.88. The molecule has 1 aromatic carbocycles. The first-order valence-corrected chi connectivity index (χ1v) is 5.76. The quantitative estimate of drug-likeness (QED) is 0.820. The second-order valence-corrected chi connectivity index (χ2v) is 4.61. The Morgan fingerprint density at radius 2 is 2.00 bits per heavy atom. The summed E-state index contributed by atoms with van der Waals surface area (Å²) in [6.45, 7) is 5.76. The normalized spacial score (nSPS) is 11.2. The van der Waals surface area contributed by atoms with Crippen LogP contribution in [0.25, 0.3) is 5.69 Å². The number of aromatic nitrogens is 3. The predicted molar refractivity (Wildman–Crippen MR) is 65.2 cm³/mol. The van der Waals surface area contributed by atoms with Gasteiger partial charge in [0.1, 0.15) is 11.6 Å². The summed E-state index contributed by atoms with van der Waals surface area (Å²) in [5.41, 5.74) is 1.25. The third-order valence-electron chi connectivity index (χ3n) is 2.51. The fourth-order valence-electron chi connectivity index (χ4n) is 1.67. The summed E-state index contributed by atoms with van der Waals surface area (Å²) in [4.78, 5) is 0. The van der Waals surface area contributed by atoms with E-state index in [0.29, 0.717) is 11.5 Å². The molecule has 17 heavy (non-hydrogen) atoms. The molecule has 0 saturated heterocycles. The molecule has 3 nitrogen and oxygen atoms in total. The van der Waals surface area contributed by atoms with E-state index in [0.717, 1.165) is 5.56 Å². The number of hydrogen-bond donors (Lipinski definition) is 0. The average Bonchev–Trinajstić information content (AvgIpc) is 2.60. The van der Waals surface area contributed by atoms with Crippen molar-refractivity contribution in [2.24, 2.45) is 0 Å². The Kier molecular flexibility index (Phi) is 3.15. The molecule has 2 rings (SSSR count). The van der Waals surface area contributed by atoms with Crippen LogP contribution in [-0.2, 0) is 0 Å². The summed E-state index contributed by atoms with van der Waals surface area (Å²) < 4.78 is 15.4. The number of benzene rings is 1. The Labute approximate surface area is 104 Å². The van der Waals surface area contributed by atoms with E-state index >= 15 is 0 Å². The van der Waals surface area contributed by atoms with E-state index in [9.17, 15) is 4.39 Å². The van der Waals surface area contributed by atoms with Crippen LogP contribution in [-0.4, -0.2) is 14.8 Å². The van der Waals surface area contributed by atoms with Crippen molar-refractivity contribution in [1.82, 2.24) is 14.8 Å². The van der Waals surface area contributed by atoms with Crippen molar-refractivity contribution in [1.29, 1.82) is 0 Å². The largest absolute Gasteiger partial charge is 0.267 e. The van der Waals surface area contributed by atoms with Gasteiger partial charge < -0.3 is 0 Å². The van der Waals surface area contributed by atoms with Crippen LogP contribution in [0.3, 0.4) is 0 Å². The van der Waals surface area contributed by atoms with Gasteiger partial charge in [0, 0.05) is 5.92 Å². The van der Waals surface area contributed by atoms with Gasteiger partial charge in [0.05, 0.1) is 5.69 Å². The number of halogens is 2. The van der Waals surface area contributed by atoms with Gasteiger partial charge in [-0.25, -0.2) is 4.39 Å². The maximum absolute atomic E-state index is 13.9. The monoisotopic (exact) mass is 253 g/mol. The van der Waals surface area contributed by atoms with Crippen LogP contribution in [0.2, 0.25) is 5.28 Å². The number of rotatable bonds is 2. The molecule has 0 unspecified atom stereocenters. The maximum atomic E-state index is 13.9. The summed E-state index contributed by atoms with van der Waals surface area (Å²) in [5.74, 6) is 0.446. The van der Waals surface area contributed by atoms with Crippen LogP contribution < -0.4 is 0 Å². The molecule has 0 aliphatic carbocycles. The summed E-state index contributed by atoms with van der Waals surface area (Å²) >= 11 is 5.96. The SMILES string of the molecule is Cc1ccc(-n2c(Cl)nnc2C(C)C)c(F)c1. The minimum atomic E-state index is -0.325. The highest BCUT2D eigenvalue weighted by Crippen LogP contribution is 2.24. The number of aryl methyl sites for hydroxylation is 1. The van der Waals surface area contributed by atoms with E-state index in [1.165, 1.54) is 6.07 Å². The summed E-state index contributed by atoms with van der Waals surface area (Å²) in [5, 5.41) is 7.94. The fraction of sp³-hybridized carbons (Fsp3) is 0.333. The molecular formula is C12H13ClFN3. The van der Waals surface area contributed by atoms with E-state index in [4.69, 9.17) is 11.6 Å². The lowest BCUT2D eigenvalue weighted by molar-refractivity contribution is 0.610. The first-order chi connectivity index (χ1) is 8.00. The molecule has 1 heterocycles. The second-order valence-electron chi connectivity index (χ2n) is 4.27. The highest BCUT2D eigenvalue weighted by Gasteiger charge is 2.17. The molecule has 0 aliphatic rings. The summed E-state index contributed by atoms with van der Waals surface area (Å²) in [7, 11) is 0. The third kappa shape index (κ3) is 2.17. The molecule has 90 valence electrons. The Morgan fingerprint density at radius 1 is 1.29 bits per heavy atom. The highest BCUT2D eigenvalue weighted by atomic mass is 35.5. The van der Waals surface area contributed by atoms with Crippen LogP contribution in [0.5, 0.6) is 0 Å². The van der Waals surface area contributed by atoms with Gasteiger partial charge in [-0.2, -0.15) is 0 Å². The van der Waals surface area contributed by atoms with Gasteiger partial charge in [0.2, 0.25) is 5.28 Å². The average molecular weight is 254 g/mol. The van der Waals surface area contributed by atoms with E-state index in [2.05, 4.69) is 10.2 Å². The zero-order valence-electron chi connectivity index (χ0n) is 9.91. The molecular weight excluding hydrogens is 241 g/mol. The predicted octanol–water partition coefficient (Wildman–Crippen LogP) is 3.49. The summed E-state index contributed by atoms with van der Waals surface area (Å²) in [6, 6.07) is 4.99. The van der Waals surface area contributed by atoms with Crippen molar-refractivity contribution in [2.45, 2.75) is 26.7 Å². The van der Waals surface area contributed by atoms with Crippen LogP contribution in [0.1, 0.15) is 31.2 Å². The summed E-state index contributed by atoms with van der Waals surface area (Å²) in [6.07, 6.45) is 0. The zero-order chi connectivity index (χ0) is 12.6. The second kappa shape index (κ2) is 4.45. The van der Waals surface area contributed by atoms with Gasteiger partial charge in [-0.3, -0.25) is 4.57 Å². The molecule has 0 spiro atoms. The Hall–Kier alpha value is -1.42. The van der Waals surface area contributed by atoms with Crippen molar-refractivity contribution >= 4 is 11.6 Å². The van der Waals surface area contributed by atoms with Crippen molar-refractivity contribution in [2.75, 3.05) is 0 Å². The van der Waals surface area contributed by atoms with Gasteiger partial charge in [-0.1, -0.05) is 19.9 Å². The first-order valence-electron chi connectivity index (χ1n) is 5.38. The maximum Gasteiger partial charge on any atom is 0.229 e. The van der Waals surface area contributed by atoms with Crippen LogP contribution >= 0.6 is 11.6 Å². The van der Waals surface area contributed by atoms with E-state index < -0.39 is 0 Å². The van der Waals surface area contributed by atoms with Crippen molar-refractivity contribution < 1.29 is 4.39 Å². The molecule has 0 bridgehead atoms. The van der Waals surface area contributed by atoms with Crippen LogP contribution in [0.4, 0.5) is 4.39 Å². The lowest BCUT2D eigenvalue weighted by Crippen LogP contribution is -2.05. The molecule has 0 saturated carbocycles. The Balaban J connectivity index is 2.63. The van der Waals surface area contributed by atoms with Crippen molar-refractivity contribution in [3.05, 3.63) is 40.7 Å². The molecule has 2 aromatic rings. The molecule has 0 N–H and O–H groups in total. The third-order valence-corrected chi connectivity index (χ3v) is 2.75. The Bertz CT molecular complexity index is 549. The van der Waals surface area contributed by atoms with E-state index in [1.807, 2.05) is 26.8 Å².